The van der Waals surface area contributed by atoms with Gasteiger partial charge in [0.25, 0.3) is 0 Å². The summed E-state index contributed by atoms with van der Waals surface area (Å²) in [6.45, 7) is 2.31. The fourth-order valence-corrected chi connectivity index (χ4v) is 4.17. The van der Waals surface area contributed by atoms with E-state index in [9.17, 15) is 4.39 Å². The maximum Gasteiger partial charge on any atom is 0.102 e. The number of hydrogen-bond donors (Lipinski definition) is 1. The zero-order valence-electron chi connectivity index (χ0n) is 10.7. The summed E-state index contributed by atoms with van der Waals surface area (Å²) >= 11 is 0. The summed E-state index contributed by atoms with van der Waals surface area (Å²) in [6, 6.07) is 0.713. The third-order valence-corrected chi connectivity index (χ3v) is 4.89. The van der Waals surface area contributed by atoms with Crippen LogP contribution >= 0.6 is 0 Å². The second kappa shape index (κ2) is 3.78. The van der Waals surface area contributed by atoms with Gasteiger partial charge in [-0.2, -0.15) is 0 Å². The van der Waals surface area contributed by atoms with E-state index < -0.39 is 0 Å². The van der Waals surface area contributed by atoms with Gasteiger partial charge in [-0.25, -0.2) is 4.39 Å². The highest BCUT2D eigenvalue weighted by Gasteiger charge is 2.42. The maximum atomic E-state index is 13.4. The summed E-state index contributed by atoms with van der Waals surface area (Å²) in [5.41, 5.74) is 4.53. The van der Waals surface area contributed by atoms with Crippen molar-refractivity contribution in [2.45, 2.75) is 31.3 Å². The predicted octanol–water partition coefficient (Wildman–Crippen LogP) is 2.16. The van der Waals surface area contributed by atoms with Crippen LogP contribution in [0, 0.1) is 5.92 Å². The summed E-state index contributed by atoms with van der Waals surface area (Å²) in [6.07, 6.45) is 6.72. The van der Waals surface area contributed by atoms with Gasteiger partial charge < -0.3 is 10.2 Å². The molecular formula is C15H19FN2. The highest BCUT2D eigenvalue weighted by atomic mass is 19.1. The summed E-state index contributed by atoms with van der Waals surface area (Å²) in [7, 11) is 2.20. The Labute approximate surface area is 107 Å². The van der Waals surface area contributed by atoms with Crippen molar-refractivity contribution in [3.63, 3.8) is 0 Å². The van der Waals surface area contributed by atoms with Crippen molar-refractivity contribution >= 4 is 0 Å². The summed E-state index contributed by atoms with van der Waals surface area (Å²) < 4.78 is 13.4. The van der Waals surface area contributed by atoms with Crippen LogP contribution in [0.5, 0.6) is 0 Å². The molecular weight excluding hydrogens is 227 g/mol. The first-order valence-electron chi connectivity index (χ1n) is 6.96. The van der Waals surface area contributed by atoms with Crippen molar-refractivity contribution in [3.8, 4) is 0 Å². The number of allylic oxidation sites excluding steroid dienone is 2. The van der Waals surface area contributed by atoms with Crippen LogP contribution in [0.1, 0.15) is 19.3 Å². The first-order valence-corrected chi connectivity index (χ1v) is 6.96. The minimum Gasteiger partial charge on any atom is -0.303 e. The molecule has 2 heterocycles. The van der Waals surface area contributed by atoms with Crippen LogP contribution in [-0.4, -0.2) is 37.1 Å². The molecule has 4 rings (SSSR count). The Morgan fingerprint density at radius 3 is 3.06 bits per heavy atom. The molecule has 0 bridgehead atoms. The number of fused-ring (bicyclic) bond motifs is 4. The largest absolute Gasteiger partial charge is 0.303 e. The molecule has 2 fully saturated rings. The van der Waals surface area contributed by atoms with E-state index in [1.165, 1.54) is 30.5 Å². The van der Waals surface area contributed by atoms with Gasteiger partial charge in [0.2, 0.25) is 0 Å². The standard InChI is InChI=1S/C15H19FN2/c1-18-7-9-2-5-13-15(12(9)8-18)11-4-3-10(16)6-14(11)17-13/h3-4,9,13-14,17H,2,5-8H2,1H3. The topological polar surface area (TPSA) is 15.3 Å². The van der Waals surface area contributed by atoms with Crippen molar-refractivity contribution in [2.75, 3.05) is 20.1 Å². The van der Waals surface area contributed by atoms with Crippen molar-refractivity contribution in [1.82, 2.24) is 10.2 Å². The van der Waals surface area contributed by atoms with E-state index in [1.54, 1.807) is 11.6 Å². The first-order chi connectivity index (χ1) is 8.72. The average molecular weight is 246 g/mol. The normalized spacial score (nSPS) is 39.1. The highest BCUT2D eigenvalue weighted by molar-refractivity contribution is 5.53. The highest BCUT2D eigenvalue weighted by Crippen LogP contribution is 2.44. The molecule has 0 aromatic heterocycles. The number of hydrogen-bond acceptors (Lipinski definition) is 2. The molecule has 2 aliphatic heterocycles. The van der Waals surface area contributed by atoms with E-state index in [0.717, 1.165) is 12.5 Å². The molecule has 0 aromatic rings. The molecule has 2 saturated heterocycles. The molecule has 0 radical (unpaired) electrons. The smallest absolute Gasteiger partial charge is 0.102 e. The molecule has 2 nitrogen and oxygen atoms in total. The number of likely N-dealkylation sites (tertiary alicyclic amines) is 1. The molecule has 2 aliphatic carbocycles. The lowest BCUT2D eigenvalue weighted by Crippen LogP contribution is -2.32. The molecule has 0 saturated carbocycles. The zero-order chi connectivity index (χ0) is 12.3. The van der Waals surface area contributed by atoms with Gasteiger partial charge in [0, 0.05) is 31.6 Å². The molecule has 3 atom stereocenters. The lowest BCUT2D eigenvalue weighted by Gasteiger charge is -2.25. The van der Waals surface area contributed by atoms with Gasteiger partial charge in [-0.05, 0) is 48.6 Å². The van der Waals surface area contributed by atoms with Gasteiger partial charge in [-0.3, -0.25) is 0 Å². The number of nitrogens with one attached hydrogen (secondary N) is 1. The van der Waals surface area contributed by atoms with Crippen molar-refractivity contribution in [1.29, 1.82) is 0 Å². The second-order valence-corrected chi connectivity index (χ2v) is 6.12. The maximum absolute atomic E-state index is 13.4. The van der Waals surface area contributed by atoms with Gasteiger partial charge in [-0.15, -0.1) is 0 Å². The Hall–Kier alpha value is -0.930. The minimum atomic E-state index is 0.0144. The molecule has 0 spiro atoms. The predicted molar refractivity (Wildman–Crippen MR) is 69.8 cm³/mol. The Balaban J connectivity index is 1.80. The lowest BCUT2D eigenvalue weighted by molar-refractivity contribution is 0.375. The number of likely N-dealkylation sites (N-methyl/N-ethyl adjacent to an activating group) is 1. The molecule has 3 unspecified atom stereocenters. The van der Waals surface area contributed by atoms with Crippen LogP contribution in [0.25, 0.3) is 0 Å². The Morgan fingerprint density at radius 2 is 2.17 bits per heavy atom. The van der Waals surface area contributed by atoms with E-state index in [0.29, 0.717) is 12.5 Å². The number of halogens is 1. The molecule has 1 N–H and O–H groups in total. The van der Waals surface area contributed by atoms with Crippen LogP contribution in [0.4, 0.5) is 4.39 Å². The Morgan fingerprint density at radius 1 is 1.28 bits per heavy atom. The van der Waals surface area contributed by atoms with Crippen LogP contribution in [-0.2, 0) is 0 Å². The second-order valence-electron chi connectivity index (χ2n) is 6.12. The Bertz CT molecular complexity index is 489. The summed E-state index contributed by atoms with van der Waals surface area (Å²) in [4.78, 5) is 2.42. The third kappa shape index (κ3) is 1.47. The molecule has 4 aliphatic rings. The monoisotopic (exact) mass is 246 g/mol. The lowest BCUT2D eigenvalue weighted by atomic mass is 9.79. The van der Waals surface area contributed by atoms with Gasteiger partial charge in [0.15, 0.2) is 0 Å². The fourth-order valence-electron chi connectivity index (χ4n) is 4.17. The number of rotatable bonds is 0. The van der Waals surface area contributed by atoms with E-state index in [1.807, 2.05) is 6.08 Å². The zero-order valence-corrected chi connectivity index (χ0v) is 10.7. The van der Waals surface area contributed by atoms with Gasteiger partial charge in [-0.1, -0.05) is 6.08 Å². The third-order valence-electron chi connectivity index (χ3n) is 4.89. The average Bonchev–Trinajstić information content (AvgIpc) is 2.86. The molecule has 0 amide bonds. The molecule has 96 valence electrons. The van der Waals surface area contributed by atoms with Crippen LogP contribution < -0.4 is 5.32 Å². The molecule has 3 heteroatoms. The Kier molecular flexibility index (Phi) is 2.30. The van der Waals surface area contributed by atoms with E-state index >= 15 is 0 Å². The molecule has 18 heavy (non-hydrogen) atoms. The van der Waals surface area contributed by atoms with E-state index in [2.05, 4.69) is 17.3 Å². The first kappa shape index (κ1) is 10.9. The van der Waals surface area contributed by atoms with Gasteiger partial charge in [0.05, 0.1) is 0 Å². The van der Waals surface area contributed by atoms with Crippen LogP contribution in [0.2, 0.25) is 0 Å². The fraction of sp³-hybridized carbons (Fsp3) is 0.600. The van der Waals surface area contributed by atoms with Crippen molar-refractivity contribution in [3.05, 3.63) is 34.7 Å². The summed E-state index contributed by atoms with van der Waals surface area (Å²) in [5, 5.41) is 3.63. The van der Waals surface area contributed by atoms with Crippen molar-refractivity contribution < 1.29 is 4.39 Å². The molecule has 0 aromatic carbocycles. The summed E-state index contributed by atoms with van der Waals surface area (Å²) in [5.74, 6) is 0.763. The number of nitrogens with zero attached hydrogens (tertiary/aromatic N) is 1. The SMILES string of the molecule is CN1CC2=C3C4=CC=C(F)CC4NC3CCC2C1. The van der Waals surface area contributed by atoms with E-state index in [4.69, 9.17) is 0 Å². The van der Waals surface area contributed by atoms with E-state index in [-0.39, 0.29) is 11.9 Å². The van der Waals surface area contributed by atoms with Gasteiger partial charge >= 0.3 is 0 Å². The quantitative estimate of drug-likeness (QED) is 0.704. The minimum absolute atomic E-state index is 0.0144. The van der Waals surface area contributed by atoms with Crippen molar-refractivity contribution in [2.24, 2.45) is 5.92 Å². The van der Waals surface area contributed by atoms with Crippen LogP contribution in [0.15, 0.2) is 34.7 Å². The van der Waals surface area contributed by atoms with Crippen LogP contribution in [0.3, 0.4) is 0 Å². The van der Waals surface area contributed by atoms with Gasteiger partial charge in [0.1, 0.15) is 5.83 Å².